The van der Waals surface area contributed by atoms with Gasteiger partial charge in [0.1, 0.15) is 5.75 Å². The highest BCUT2D eigenvalue weighted by molar-refractivity contribution is 7.09. The van der Waals surface area contributed by atoms with Crippen LogP contribution in [0.25, 0.3) is 0 Å². The normalized spacial score (nSPS) is 16.8. The largest absolute Gasteiger partial charge is 0.496 e. The van der Waals surface area contributed by atoms with Crippen molar-refractivity contribution in [2.45, 2.75) is 19.1 Å². The lowest BCUT2D eigenvalue weighted by molar-refractivity contribution is -0.131. The van der Waals surface area contributed by atoms with Crippen molar-refractivity contribution in [2.75, 3.05) is 7.11 Å². The topological polar surface area (TPSA) is 59.9 Å². The summed E-state index contributed by atoms with van der Waals surface area (Å²) in [6, 6.07) is 11.5. The highest BCUT2D eigenvalue weighted by Gasteiger charge is 2.29. The summed E-state index contributed by atoms with van der Waals surface area (Å²) in [6.07, 6.45) is -0.142. The summed E-state index contributed by atoms with van der Waals surface area (Å²) >= 11 is 1.61. The molecule has 0 radical (unpaired) electrons. The van der Waals surface area contributed by atoms with E-state index in [0.717, 1.165) is 21.9 Å². The molecule has 0 bridgehead atoms. The predicted octanol–water partition coefficient (Wildman–Crippen LogP) is 2.57. The Hall–Kier alpha value is -2.34. The monoisotopic (exact) mass is 316 g/mol. The van der Waals surface area contributed by atoms with Gasteiger partial charge in [-0.05, 0) is 23.6 Å². The van der Waals surface area contributed by atoms with Gasteiger partial charge in [0.25, 0.3) is 5.91 Å². The average molecular weight is 316 g/mol. The van der Waals surface area contributed by atoms with Crippen molar-refractivity contribution in [3.8, 4) is 5.75 Å². The third kappa shape index (κ3) is 3.12. The summed E-state index contributed by atoms with van der Waals surface area (Å²) in [7, 11) is 1.61. The van der Waals surface area contributed by atoms with E-state index in [4.69, 9.17) is 9.57 Å². The lowest BCUT2D eigenvalue weighted by Crippen LogP contribution is -2.34. The maximum atomic E-state index is 12.1. The molecule has 1 N–H and O–H groups in total. The molecule has 0 fully saturated rings. The number of hydrogen-bond donors (Lipinski definition) is 1. The first-order valence-corrected chi connectivity index (χ1v) is 7.82. The van der Waals surface area contributed by atoms with E-state index in [0.29, 0.717) is 13.0 Å². The number of amides is 1. The van der Waals surface area contributed by atoms with Crippen LogP contribution in [0.4, 0.5) is 0 Å². The number of nitrogens with one attached hydrogen (secondary N) is 1. The molecule has 3 rings (SSSR count). The van der Waals surface area contributed by atoms with Crippen molar-refractivity contribution >= 4 is 23.0 Å². The van der Waals surface area contributed by atoms with E-state index < -0.39 is 6.10 Å². The molecule has 1 aromatic heterocycles. The molecule has 1 atom stereocenters. The van der Waals surface area contributed by atoms with Gasteiger partial charge in [0, 0.05) is 16.9 Å². The summed E-state index contributed by atoms with van der Waals surface area (Å²) in [5.74, 6) is 0.576. The smallest absolute Gasteiger partial charge is 0.264 e. The zero-order valence-electron chi connectivity index (χ0n) is 12.1. The predicted molar refractivity (Wildman–Crippen MR) is 85.2 cm³/mol. The minimum absolute atomic E-state index is 0.151. The summed E-state index contributed by atoms with van der Waals surface area (Å²) < 4.78 is 5.31. The minimum atomic E-state index is -0.583. The molecule has 22 heavy (non-hydrogen) atoms. The van der Waals surface area contributed by atoms with E-state index in [1.807, 2.05) is 41.8 Å². The van der Waals surface area contributed by atoms with E-state index >= 15 is 0 Å². The maximum Gasteiger partial charge on any atom is 0.264 e. The summed E-state index contributed by atoms with van der Waals surface area (Å²) in [4.78, 5) is 18.5. The number of benzene rings is 1. The first-order chi connectivity index (χ1) is 10.8. The lowest BCUT2D eigenvalue weighted by Gasteiger charge is -2.09. The Morgan fingerprint density at radius 2 is 2.27 bits per heavy atom. The molecule has 0 saturated carbocycles. The quantitative estimate of drug-likeness (QED) is 0.922. The molecule has 1 aliphatic heterocycles. The molecule has 0 saturated heterocycles. The van der Waals surface area contributed by atoms with E-state index in [1.165, 1.54) is 0 Å². The van der Waals surface area contributed by atoms with Crippen LogP contribution in [0.15, 0.2) is 46.9 Å². The van der Waals surface area contributed by atoms with Crippen LogP contribution in [0.2, 0.25) is 0 Å². The van der Waals surface area contributed by atoms with E-state index in [9.17, 15) is 4.79 Å². The molecule has 0 spiro atoms. The van der Waals surface area contributed by atoms with Gasteiger partial charge in [0.2, 0.25) is 6.10 Å². The molecule has 114 valence electrons. The minimum Gasteiger partial charge on any atom is -0.496 e. The van der Waals surface area contributed by atoms with Gasteiger partial charge in [0.15, 0.2) is 0 Å². The molecule has 6 heteroatoms. The van der Waals surface area contributed by atoms with E-state index in [-0.39, 0.29) is 5.91 Å². The molecule has 0 aliphatic carbocycles. The van der Waals surface area contributed by atoms with Crippen LogP contribution in [0.5, 0.6) is 5.75 Å². The summed E-state index contributed by atoms with van der Waals surface area (Å²) in [5.41, 5.74) is 1.59. The van der Waals surface area contributed by atoms with Crippen molar-refractivity contribution in [1.29, 1.82) is 0 Å². The van der Waals surface area contributed by atoms with Gasteiger partial charge >= 0.3 is 0 Å². The zero-order chi connectivity index (χ0) is 15.4. The number of methoxy groups -OCH3 is 1. The van der Waals surface area contributed by atoms with Crippen LogP contribution in [-0.4, -0.2) is 24.8 Å². The van der Waals surface area contributed by atoms with Crippen LogP contribution in [0.1, 0.15) is 16.9 Å². The van der Waals surface area contributed by atoms with Crippen LogP contribution in [-0.2, 0) is 16.2 Å². The molecule has 1 aliphatic rings. The Bertz CT molecular complexity index is 682. The Balaban J connectivity index is 1.60. The fraction of sp³-hybridized carbons (Fsp3) is 0.250. The molecular weight excluding hydrogens is 300 g/mol. The van der Waals surface area contributed by atoms with Crippen LogP contribution < -0.4 is 10.1 Å². The molecule has 1 unspecified atom stereocenters. The molecular formula is C16H16N2O3S. The van der Waals surface area contributed by atoms with Gasteiger partial charge < -0.3 is 14.9 Å². The standard InChI is InChI=1S/C16H16N2O3S/c1-20-14-7-3-2-6-12(14)13-9-15(21-18-13)16(19)17-10-11-5-4-8-22-11/h2-8,15H,9-10H2,1H3,(H,17,19). The Kier molecular flexibility index (Phi) is 4.39. The first kappa shape index (κ1) is 14.6. The summed E-state index contributed by atoms with van der Waals surface area (Å²) in [6.45, 7) is 0.514. The third-order valence-electron chi connectivity index (χ3n) is 3.40. The highest BCUT2D eigenvalue weighted by Crippen LogP contribution is 2.24. The van der Waals surface area contributed by atoms with Crippen molar-refractivity contribution in [3.05, 3.63) is 52.2 Å². The second-order valence-corrected chi connectivity index (χ2v) is 5.87. The number of carbonyl (C=O) groups excluding carboxylic acids is 1. The van der Waals surface area contributed by atoms with Crippen LogP contribution >= 0.6 is 11.3 Å². The fourth-order valence-corrected chi connectivity index (χ4v) is 2.91. The van der Waals surface area contributed by atoms with Gasteiger partial charge in [-0.2, -0.15) is 0 Å². The molecule has 1 amide bonds. The van der Waals surface area contributed by atoms with Gasteiger partial charge in [0.05, 0.1) is 19.4 Å². The molecule has 2 heterocycles. The van der Waals surface area contributed by atoms with Gasteiger partial charge in [-0.3, -0.25) is 4.79 Å². The second-order valence-electron chi connectivity index (χ2n) is 4.83. The Labute approximate surface area is 132 Å². The van der Waals surface area contributed by atoms with Crippen molar-refractivity contribution in [2.24, 2.45) is 5.16 Å². The van der Waals surface area contributed by atoms with Crippen molar-refractivity contribution in [1.82, 2.24) is 5.32 Å². The van der Waals surface area contributed by atoms with Gasteiger partial charge in [-0.25, -0.2) is 0 Å². The summed E-state index contributed by atoms with van der Waals surface area (Å²) in [5, 5.41) is 8.89. The number of para-hydroxylation sites is 1. The van der Waals surface area contributed by atoms with Crippen LogP contribution in [0.3, 0.4) is 0 Å². The highest BCUT2D eigenvalue weighted by atomic mass is 32.1. The number of rotatable bonds is 5. The van der Waals surface area contributed by atoms with Gasteiger partial charge in [-0.15, -0.1) is 11.3 Å². The number of carbonyl (C=O) groups is 1. The molecule has 1 aromatic carbocycles. The Morgan fingerprint density at radius 1 is 1.41 bits per heavy atom. The molecule has 5 nitrogen and oxygen atoms in total. The fourth-order valence-electron chi connectivity index (χ4n) is 2.26. The Morgan fingerprint density at radius 3 is 3.05 bits per heavy atom. The number of hydrogen-bond acceptors (Lipinski definition) is 5. The second kappa shape index (κ2) is 6.62. The maximum absolute atomic E-state index is 12.1. The number of thiophene rings is 1. The van der Waals surface area contributed by atoms with E-state index in [2.05, 4.69) is 10.5 Å². The van der Waals surface area contributed by atoms with Crippen molar-refractivity contribution in [3.63, 3.8) is 0 Å². The number of nitrogens with zero attached hydrogens (tertiary/aromatic N) is 1. The van der Waals surface area contributed by atoms with Crippen LogP contribution in [0, 0.1) is 0 Å². The zero-order valence-corrected chi connectivity index (χ0v) is 12.9. The first-order valence-electron chi connectivity index (χ1n) is 6.94. The SMILES string of the molecule is COc1ccccc1C1=NOC(C(=O)NCc2cccs2)C1. The lowest BCUT2D eigenvalue weighted by atomic mass is 10.0. The van der Waals surface area contributed by atoms with Gasteiger partial charge in [-0.1, -0.05) is 23.4 Å². The van der Waals surface area contributed by atoms with E-state index in [1.54, 1.807) is 18.4 Å². The average Bonchev–Trinajstić information content (AvgIpc) is 3.24. The third-order valence-corrected chi connectivity index (χ3v) is 4.27. The van der Waals surface area contributed by atoms with Crippen molar-refractivity contribution < 1.29 is 14.4 Å². The number of oxime groups is 1. The number of ether oxygens (including phenoxy) is 1. The molecule has 2 aromatic rings.